The maximum absolute atomic E-state index is 14.0. The zero-order valence-corrected chi connectivity index (χ0v) is 18.6. The van der Waals surface area contributed by atoms with Gasteiger partial charge in [0, 0.05) is 45.1 Å². The molecule has 1 aromatic heterocycles. The molecule has 1 fully saturated rings. The fourth-order valence-corrected chi connectivity index (χ4v) is 4.10. The molecule has 0 saturated carbocycles. The number of likely N-dealkylation sites (tertiary alicyclic amines) is 1. The molecule has 1 atom stereocenters. The van der Waals surface area contributed by atoms with Gasteiger partial charge in [-0.05, 0) is 48.2 Å². The summed E-state index contributed by atoms with van der Waals surface area (Å²) in [6.07, 6.45) is 3.40. The Morgan fingerprint density at radius 3 is 2.69 bits per heavy atom. The van der Waals surface area contributed by atoms with Crippen LogP contribution in [0, 0.1) is 5.82 Å². The van der Waals surface area contributed by atoms with Crippen molar-refractivity contribution in [3.63, 3.8) is 0 Å². The second kappa shape index (κ2) is 9.44. The summed E-state index contributed by atoms with van der Waals surface area (Å²) >= 11 is 0. The van der Waals surface area contributed by atoms with Gasteiger partial charge in [-0.1, -0.05) is 24.3 Å². The first-order valence-electron chi connectivity index (χ1n) is 10.7. The smallest absolute Gasteiger partial charge is 0.254 e. The van der Waals surface area contributed by atoms with Gasteiger partial charge in [0.1, 0.15) is 5.82 Å². The summed E-state index contributed by atoms with van der Waals surface area (Å²) in [6, 6.07) is 13.7. The lowest BCUT2D eigenvalue weighted by Gasteiger charge is -2.27. The summed E-state index contributed by atoms with van der Waals surface area (Å²) in [6.45, 7) is 1.15. The average Bonchev–Trinajstić information content (AvgIpc) is 3.29. The molecule has 1 amide bonds. The third-order valence-corrected chi connectivity index (χ3v) is 5.68. The second-order valence-electron chi connectivity index (χ2n) is 8.16. The zero-order valence-electron chi connectivity index (χ0n) is 18.6. The van der Waals surface area contributed by atoms with Gasteiger partial charge in [-0.2, -0.15) is 0 Å². The van der Waals surface area contributed by atoms with Gasteiger partial charge in [0.15, 0.2) is 0 Å². The lowest BCUT2D eigenvalue weighted by atomic mass is 9.99. The predicted octanol–water partition coefficient (Wildman–Crippen LogP) is 4.47. The number of hydrogen-bond donors (Lipinski definition) is 0. The van der Waals surface area contributed by atoms with Crippen molar-refractivity contribution in [1.29, 1.82) is 0 Å². The normalized spacial score (nSPS) is 15.8. The van der Waals surface area contributed by atoms with Crippen LogP contribution in [-0.4, -0.2) is 48.5 Å². The third kappa shape index (κ3) is 4.48. The Bertz CT molecular complexity index is 1100. The molecule has 0 N–H and O–H groups in total. The Kier molecular flexibility index (Phi) is 6.46. The number of methoxy groups -OCH3 is 1. The standard InChI is InChI=1S/C25H27FN4O2/c1-29(2)25-27-15-21(19-6-4-7-20(26)14-19)23(28-25)22-8-5-13-30(22)24(31)18-11-9-17(10-12-18)16-32-3/h4,6-7,9-12,14-15,22H,5,8,13,16H2,1-3H3/t22-/m0/s1. The van der Waals surface area contributed by atoms with E-state index in [9.17, 15) is 9.18 Å². The molecule has 2 aromatic carbocycles. The quantitative estimate of drug-likeness (QED) is 0.573. The molecule has 6 nitrogen and oxygen atoms in total. The van der Waals surface area contributed by atoms with Gasteiger partial charge in [-0.15, -0.1) is 0 Å². The maximum atomic E-state index is 14.0. The fourth-order valence-electron chi connectivity index (χ4n) is 4.10. The van der Waals surface area contributed by atoms with Crippen LogP contribution in [0.25, 0.3) is 11.1 Å². The summed E-state index contributed by atoms with van der Waals surface area (Å²) in [4.78, 5) is 26.4. The Morgan fingerprint density at radius 2 is 2.00 bits per heavy atom. The van der Waals surface area contributed by atoms with E-state index in [2.05, 4.69) is 4.98 Å². The van der Waals surface area contributed by atoms with Crippen molar-refractivity contribution < 1.29 is 13.9 Å². The van der Waals surface area contributed by atoms with Crippen LogP contribution < -0.4 is 4.90 Å². The summed E-state index contributed by atoms with van der Waals surface area (Å²) in [7, 11) is 5.40. The highest BCUT2D eigenvalue weighted by atomic mass is 19.1. The molecule has 3 aromatic rings. The minimum Gasteiger partial charge on any atom is -0.380 e. The van der Waals surface area contributed by atoms with Gasteiger partial charge in [0.05, 0.1) is 18.3 Å². The number of halogens is 1. The summed E-state index contributed by atoms with van der Waals surface area (Å²) in [5, 5.41) is 0. The summed E-state index contributed by atoms with van der Waals surface area (Å²) < 4.78 is 19.1. The maximum Gasteiger partial charge on any atom is 0.254 e. The highest BCUT2D eigenvalue weighted by molar-refractivity contribution is 5.94. The molecule has 1 aliphatic rings. The van der Waals surface area contributed by atoms with E-state index in [0.717, 1.165) is 29.7 Å². The van der Waals surface area contributed by atoms with Crippen molar-refractivity contribution >= 4 is 11.9 Å². The first-order valence-corrected chi connectivity index (χ1v) is 10.7. The molecular formula is C25H27FN4O2. The number of aromatic nitrogens is 2. The number of ether oxygens (including phenoxy) is 1. The number of amides is 1. The molecule has 0 spiro atoms. The largest absolute Gasteiger partial charge is 0.380 e. The van der Waals surface area contributed by atoms with Gasteiger partial charge in [-0.25, -0.2) is 14.4 Å². The predicted molar refractivity (Wildman–Crippen MR) is 122 cm³/mol. The summed E-state index contributed by atoms with van der Waals surface area (Å²) in [5.74, 6) is 0.204. The molecule has 0 aliphatic carbocycles. The topological polar surface area (TPSA) is 58.6 Å². The average molecular weight is 435 g/mol. The number of nitrogens with zero attached hydrogens (tertiary/aromatic N) is 4. The number of carbonyl (C=O) groups excluding carboxylic acids is 1. The molecule has 166 valence electrons. The monoisotopic (exact) mass is 434 g/mol. The number of carbonyl (C=O) groups is 1. The van der Waals surface area contributed by atoms with Crippen LogP contribution in [0.3, 0.4) is 0 Å². The van der Waals surface area contributed by atoms with E-state index in [0.29, 0.717) is 30.2 Å². The lowest BCUT2D eigenvalue weighted by molar-refractivity contribution is 0.0733. The van der Waals surface area contributed by atoms with Crippen LogP contribution in [0.1, 0.15) is 40.5 Å². The minimum absolute atomic E-state index is 0.0355. The second-order valence-corrected chi connectivity index (χ2v) is 8.16. The number of hydrogen-bond acceptors (Lipinski definition) is 5. The van der Waals surface area contributed by atoms with E-state index in [-0.39, 0.29) is 17.8 Å². The van der Waals surface area contributed by atoms with Crippen molar-refractivity contribution in [2.45, 2.75) is 25.5 Å². The van der Waals surface area contributed by atoms with E-state index in [1.807, 2.05) is 54.2 Å². The van der Waals surface area contributed by atoms with E-state index in [1.54, 1.807) is 19.4 Å². The first kappa shape index (κ1) is 21.9. The first-order chi connectivity index (χ1) is 15.5. The van der Waals surface area contributed by atoms with E-state index < -0.39 is 0 Å². The number of benzene rings is 2. The molecule has 1 aliphatic heterocycles. The van der Waals surface area contributed by atoms with Gasteiger partial charge in [-0.3, -0.25) is 4.79 Å². The van der Waals surface area contributed by atoms with Crippen LogP contribution in [0.15, 0.2) is 54.7 Å². The van der Waals surface area contributed by atoms with E-state index >= 15 is 0 Å². The Morgan fingerprint density at radius 1 is 1.22 bits per heavy atom. The van der Waals surface area contributed by atoms with Crippen molar-refractivity contribution in [2.75, 3.05) is 32.6 Å². The van der Waals surface area contributed by atoms with Crippen LogP contribution >= 0.6 is 0 Å². The molecule has 0 radical (unpaired) electrons. The molecule has 1 saturated heterocycles. The minimum atomic E-state index is -0.319. The summed E-state index contributed by atoms with van der Waals surface area (Å²) in [5.41, 5.74) is 3.84. The van der Waals surface area contributed by atoms with Gasteiger partial charge in [0.2, 0.25) is 5.95 Å². The highest BCUT2D eigenvalue weighted by Gasteiger charge is 2.34. The number of anilines is 1. The lowest BCUT2D eigenvalue weighted by Crippen LogP contribution is -2.31. The Hall–Kier alpha value is -3.32. The van der Waals surface area contributed by atoms with Crippen molar-refractivity contribution in [3.05, 3.63) is 77.4 Å². The van der Waals surface area contributed by atoms with Gasteiger partial charge < -0.3 is 14.5 Å². The molecule has 2 heterocycles. The SMILES string of the molecule is COCc1ccc(C(=O)N2CCC[C@H]2c2nc(N(C)C)ncc2-c2cccc(F)c2)cc1. The molecular weight excluding hydrogens is 407 g/mol. The zero-order chi connectivity index (χ0) is 22.7. The molecule has 4 rings (SSSR count). The third-order valence-electron chi connectivity index (χ3n) is 5.68. The molecule has 32 heavy (non-hydrogen) atoms. The van der Waals surface area contributed by atoms with Crippen molar-refractivity contribution in [1.82, 2.24) is 14.9 Å². The molecule has 7 heteroatoms. The van der Waals surface area contributed by atoms with Crippen LogP contribution in [0.4, 0.5) is 10.3 Å². The molecule has 0 unspecified atom stereocenters. The van der Waals surface area contributed by atoms with Gasteiger partial charge in [0.25, 0.3) is 5.91 Å². The van der Waals surface area contributed by atoms with Crippen molar-refractivity contribution in [3.8, 4) is 11.1 Å². The van der Waals surface area contributed by atoms with Crippen LogP contribution in [0.5, 0.6) is 0 Å². The van der Waals surface area contributed by atoms with Crippen molar-refractivity contribution in [2.24, 2.45) is 0 Å². The van der Waals surface area contributed by atoms with Crippen LogP contribution in [0.2, 0.25) is 0 Å². The van der Waals surface area contributed by atoms with Gasteiger partial charge >= 0.3 is 0 Å². The number of rotatable bonds is 6. The van der Waals surface area contributed by atoms with E-state index in [1.165, 1.54) is 12.1 Å². The molecule has 0 bridgehead atoms. The van der Waals surface area contributed by atoms with E-state index in [4.69, 9.17) is 9.72 Å². The highest BCUT2D eigenvalue weighted by Crippen LogP contribution is 2.38. The Balaban J connectivity index is 1.72. The fraction of sp³-hybridized carbons (Fsp3) is 0.320. The Labute approximate surface area is 187 Å². The van der Waals surface area contributed by atoms with Crippen LogP contribution in [-0.2, 0) is 11.3 Å².